The molecule has 0 saturated carbocycles. The van der Waals surface area contributed by atoms with E-state index in [0.717, 1.165) is 29.8 Å². The minimum Gasteiger partial charge on any atom is -0.497 e. The van der Waals surface area contributed by atoms with Crippen LogP contribution >= 0.6 is 0 Å². The Hall–Kier alpha value is -2.29. The summed E-state index contributed by atoms with van der Waals surface area (Å²) in [6.45, 7) is 1.45. The van der Waals surface area contributed by atoms with Gasteiger partial charge in [-0.1, -0.05) is 36.4 Å². The fraction of sp³-hybridized carbons (Fsp3) is 0.235. The highest BCUT2D eigenvalue weighted by atomic mass is 16.5. The molecule has 0 aliphatic carbocycles. The van der Waals surface area contributed by atoms with Crippen molar-refractivity contribution < 1.29 is 9.53 Å². The Morgan fingerprint density at radius 3 is 2.70 bits per heavy atom. The van der Waals surface area contributed by atoms with Crippen molar-refractivity contribution in [2.75, 3.05) is 13.7 Å². The molecule has 0 bridgehead atoms. The predicted octanol–water partition coefficient (Wildman–Crippen LogP) is 2.89. The molecule has 0 N–H and O–H groups in total. The first-order valence-corrected chi connectivity index (χ1v) is 6.78. The van der Waals surface area contributed by atoms with Gasteiger partial charge in [-0.05, 0) is 29.7 Å². The van der Waals surface area contributed by atoms with Crippen LogP contribution in [0, 0.1) is 0 Å². The standard InChI is InChI=1S/C17H17NO2/c1-20-15-8-7-14-12-18(17(19)16(14)11-15)10-9-13-5-3-2-4-6-13/h2-8,11H,9-10,12H2,1H3. The van der Waals surface area contributed by atoms with Crippen LogP contribution in [0.2, 0.25) is 0 Å². The monoisotopic (exact) mass is 267 g/mol. The number of ether oxygens (including phenoxy) is 1. The number of carbonyl (C=O) groups is 1. The van der Waals surface area contributed by atoms with E-state index in [9.17, 15) is 4.79 Å². The summed E-state index contributed by atoms with van der Waals surface area (Å²) in [5.74, 6) is 0.844. The molecule has 3 nitrogen and oxygen atoms in total. The molecule has 0 aromatic heterocycles. The third-order valence-electron chi connectivity index (χ3n) is 3.71. The van der Waals surface area contributed by atoms with Crippen LogP contribution in [0.15, 0.2) is 48.5 Å². The molecule has 2 aromatic rings. The number of hydrogen-bond donors (Lipinski definition) is 0. The Labute approximate surface area is 118 Å². The third-order valence-corrected chi connectivity index (χ3v) is 3.71. The Bertz CT molecular complexity index is 622. The van der Waals surface area contributed by atoms with Crippen LogP contribution in [0.25, 0.3) is 0 Å². The SMILES string of the molecule is COc1ccc2c(c1)C(=O)N(CCc1ccccc1)C2. The van der Waals surface area contributed by atoms with Crippen LogP contribution in [0.4, 0.5) is 0 Å². The number of fused-ring (bicyclic) bond motifs is 1. The average molecular weight is 267 g/mol. The zero-order chi connectivity index (χ0) is 13.9. The summed E-state index contributed by atoms with van der Waals surface area (Å²) in [6, 6.07) is 16.0. The van der Waals surface area contributed by atoms with E-state index in [1.54, 1.807) is 7.11 Å². The fourth-order valence-electron chi connectivity index (χ4n) is 2.56. The zero-order valence-corrected chi connectivity index (χ0v) is 11.5. The first-order chi connectivity index (χ1) is 9.78. The Balaban J connectivity index is 1.70. The summed E-state index contributed by atoms with van der Waals surface area (Å²) in [5, 5.41) is 0. The van der Waals surface area contributed by atoms with E-state index < -0.39 is 0 Å². The molecule has 1 amide bonds. The van der Waals surface area contributed by atoms with Crippen LogP contribution < -0.4 is 4.74 Å². The van der Waals surface area contributed by atoms with Crippen molar-refractivity contribution >= 4 is 5.91 Å². The molecule has 0 unspecified atom stereocenters. The van der Waals surface area contributed by atoms with Crippen LogP contribution in [0.3, 0.4) is 0 Å². The molecule has 0 atom stereocenters. The topological polar surface area (TPSA) is 29.5 Å². The first-order valence-electron chi connectivity index (χ1n) is 6.78. The molecule has 20 heavy (non-hydrogen) atoms. The lowest BCUT2D eigenvalue weighted by Crippen LogP contribution is -2.26. The Morgan fingerprint density at radius 1 is 1.15 bits per heavy atom. The van der Waals surface area contributed by atoms with Crippen LogP contribution in [-0.4, -0.2) is 24.5 Å². The molecule has 0 fully saturated rings. The maximum absolute atomic E-state index is 12.4. The Morgan fingerprint density at radius 2 is 1.95 bits per heavy atom. The van der Waals surface area contributed by atoms with Gasteiger partial charge >= 0.3 is 0 Å². The van der Waals surface area contributed by atoms with Crippen molar-refractivity contribution in [3.63, 3.8) is 0 Å². The maximum Gasteiger partial charge on any atom is 0.254 e. The summed E-state index contributed by atoms with van der Waals surface area (Å²) < 4.78 is 5.18. The van der Waals surface area contributed by atoms with E-state index >= 15 is 0 Å². The molecule has 0 spiro atoms. The van der Waals surface area contributed by atoms with E-state index in [2.05, 4.69) is 12.1 Å². The number of benzene rings is 2. The van der Waals surface area contributed by atoms with E-state index in [1.807, 2.05) is 41.3 Å². The molecule has 1 aliphatic heterocycles. The molecule has 1 aliphatic rings. The molecular weight excluding hydrogens is 250 g/mol. The number of carbonyl (C=O) groups excluding carboxylic acids is 1. The van der Waals surface area contributed by atoms with Crippen molar-refractivity contribution in [1.29, 1.82) is 0 Å². The minimum absolute atomic E-state index is 0.106. The van der Waals surface area contributed by atoms with Gasteiger partial charge in [-0.25, -0.2) is 0 Å². The van der Waals surface area contributed by atoms with Crippen LogP contribution in [-0.2, 0) is 13.0 Å². The quantitative estimate of drug-likeness (QED) is 0.852. The van der Waals surface area contributed by atoms with Gasteiger partial charge in [0.2, 0.25) is 0 Å². The number of rotatable bonds is 4. The van der Waals surface area contributed by atoms with Gasteiger partial charge in [0.05, 0.1) is 7.11 Å². The highest BCUT2D eigenvalue weighted by Crippen LogP contribution is 2.26. The van der Waals surface area contributed by atoms with Gasteiger partial charge in [0.15, 0.2) is 0 Å². The lowest BCUT2D eigenvalue weighted by Gasteiger charge is -2.15. The van der Waals surface area contributed by atoms with Gasteiger partial charge < -0.3 is 9.64 Å². The number of amides is 1. The summed E-state index contributed by atoms with van der Waals surface area (Å²) in [4.78, 5) is 14.3. The normalized spacial score (nSPS) is 13.4. The summed E-state index contributed by atoms with van der Waals surface area (Å²) >= 11 is 0. The predicted molar refractivity (Wildman–Crippen MR) is 77.9 cm³/mol. The van der Waals surface area contributed by atoms with E-state index in [1.165, 1.54) is 5.56 Å². The van der Waals surface area contributed by atoms with E-state index in [4.69, 9.17) is 4.74 Å². The zero-order valence-electron chi connectivity index (χ0n) is 11.5. The van der Waals surface area contributed by atoms with Gasteiger partial charge in [0.25, 0.3) is 5.91 Å². The molecule has 2 aromatic carbocycles. The van der Waals surface area contributed by atoms with E-state index in [-0.39, 0.29) is 5.91 Å². The molecule has 0 radical (unpaired) electrons. The van der Waals surface area contributed by atoms with Crippen molar-refractivity contribution in [2.24, 2.45) is 0 Å². The highest BCUT2D eigenvalue weighted by Gasteiger charge is 2.27. The lowest BCUT2D eigenvalue weighted by atomic mass is 10.1. The average Bonchev–Trinajstić information content (AvgIpc) is 2.82. The second-order valence-electron chi connectivity index (χ2n) is 4.99. The van der Waals surface area contributed by atoms with E-state index in [0.29, 0.717) is 6.54 Å². The summed E-state index contributed by atoms with van der Waals surface area (Å²) in [5.41, 5.74) is 3.12. The van der Waals surface area contributed by atoms with Crippen LogP contribution in [0.1, 0.15) is 21.5 Å². The molecule has 3 heteroatoms. The Kier molecular flexibility index (Phi) is 3.42. The van der Waals surface area contributed by atoms with Gasteiger partial charge in [-0.15, -0.1) is 0 Å². The fourth-order valence-corrected chi connectivity index (χ4v) is 2.56. The van der Waals surface area contributed by atoms with Gasteiger partial charge in [0, 0.05) is 18.7 Å². The van der Waals surface area contributed by atoms with Crippen molar-refractivity contribution in [1.82, 2.24) is 4.90 Å². The molecule has 3 rings (SSSR count). The minimum atomic E-state index is 0.106. The second kappa shape index (κ2) is 5.37. The highest BCUT2D eigenvalue weighted by molar-refractivity contribution is 5.98. The van der Waals surface area contributed by atoms with Gasteiger partial charge in [-0.3, -0.25) is 4.79 Å². The molecule has 0 saturated heterocycles. The van der Waals surface area contributed by atoms with Crippen molar-refractivity contribution in [3.05, 3.63) is 65.2 Å². The number of hydrogen-bond acceptors (Lipinski definition) is 2. The summed E-state index contributed by atoms with van der Waals surface area (Å²) in [6.07, 6.45) is 0.887. The van der Waals surface area contributed by atoms with Gasteiger partial charge in [0.1, 0.15) is 5.75 Å². The van der Waals surface area contributed by atoms with Crippen molar-refractivity contribution in [2.45, 2.75) is 13.0 Å². The van der Waals surface area contributed by atoms with Crippen molar-refractivity contribution in [3.8, 4) is 5.75 Å². The molecule has 1 heterocycles. The third kappa shape index (κ3) is 2.39. The molecule has 102 valence electrons. The first kappa shape index (κ1) is 12.7. The maximum atomic E-state index is 12.4. The lowest BCUT2D eigenvalue weighted by molar-refractivity contribution is 0.0780. The van der Waals surface area contributed by atoms with Crippen LogP contribution in [0.5, 0.6) is 5.75 Å². The number of nitrogens with zero attached hydrogens (tertiary/aromatic N) is 1. The second-order valence-corrected chi connectivity index (χ2v) is 4.99. The number of methoxy groups -OCH3 is 1. The van der Waals surface area contributed by atoms with Gasteiger partial charge in [-0.2, -0.15) is 0 Å². The molecular formula is C17H17NO2. The summed E-state index contributed by atoms with van der Waals surface area (Å²) in [7, 11) is 1.62. The smallest absolute Gasteiger partial charge is 0.254 e. The largest absolute Gasteiger partial charge is 0.497 e.